The zero-order valence-electron chi connectivity index (χ0n) is 14.8. The molecule has 8 heteroatoms. The van der Waals surface area contributed by atoms with Gasteiger partial charge in [-0.3, -0.25) is 9.52 Å². The minimum Gasteiger partial charge on any atom is -0.495 e. The van der Waals surface area contributed by atoms with Crippen LogP contribution in [0.1, 0.15) is 10.4 Å². The number of rotatable bonds is 6. The van der Waals surface area contributed by atoms with Gasteiger partial charge >= 0.3 is 0 Å². The van der Waals surface area contributed by atoms with Crippen molar-refractivity contribution in [3.8, 4) is 5.75 Å². The van der Waals surface area contributed by atoms with Gasteiger partial charge in [0.2, 0.25) is 0 Å². The Morgan fingerprint density at radius 2 is 1.64 bits per heavy atom. The third-order valence-electron chi connectivity index (χ3n) is 3.88. The van der Waals surface area contributed by atoms with Crippen molar-refractivity contribution in [3.63, 3.8) is 0 Å². The summed E-state index contributed by atoms with van der Waals surface area (Å²) < 4.78 is 32.9. The number of carbonyl (C=O) groups is 1. The number of hydrogen-bond donors (Lipinski definition) is 2. The van der Waals surface area contributed by atoms with Gasteiger partial charge in [-0.2, -0.15) is 0 Å². The molecule has 3 aromatic rings. The van der Waals surface area contributed by atoms with Gasteiger partial charge in [-0.15, -0.1) is 0 Å². The number of hydrogen-bond acceptors (Lipinski definition) is 4. The first kappa shape index (κ1) is 19.7. The third-order valence-corrected chi connectivity index (χ3v) is 5.58. The first-order chi connectivity index (χ1) is 13.4. The van der Waals surface area contributed by atoms with Gasteiger partial charge < -0.3 is 10.1 Å². The molecule has 0 aliphatic rings. The molecule has 0 aliphatic heterocycles. The molecule has 0 saturated heterocycles. The Morgan fingerprint density at radius 3 is 2.32 bits per heavy atom. The number of amides is 1. The van der Waals surface area contributed by atoms with E-state index in [4.69, 9.17) is 16.3 Å². The number of benzene rings is 3. The maximum Gasteiger partial charge on any atom is 0.262 e. The number of methoxy groups -OCH3 is 1. The van der Waals surface area contributed by atoms with Crippen LogP contribution in [0.15, 0.2) is 77.7 Å². The Labute approximate surface area is 168 Å². The summed E-state index contributed by atoms with van der Waals surface area (Å²) in [6.45, 7) is 0. The zero-order chi connectivity index (χ0) is 20.1. The van der Waals surface area contributed by atoms with Gasteiger partial charge in [0.1, 0.15) is 5.75 Å². The van der Waals surface area contributed by atoms with Crippen LogP contribution in [-0.2, 0) is 10.0 Å². The maximum absolute atomic E-state index is 12.6. The van der Waals surface area contributed by atoms with Crippen molar-refractivity contribution in [2.24, 2.45) is 0 Å². The minimum absolute atomic E-state index is 0.00365. The second-order valence-electron chi connectivity index (χ2n) is 5.77. The Hall–Kier alpha value is -3.03. The van der Waals surface area contributed by atoms with Crippen molar-refractivity contribution in [3.05, 3.63) is 83.4 Å². The van der Waals surface area contributed by atoms with Crippen molar-refractivity contribution in [2.45, 2.75) is 4.90 Å². The summed E-state index contributed by atoms with van der Waals surface area (Å²) >= 11 is 6.04. The number of halogens is 1. The van der Waals surface area contributed by atoms with Gasteiger partial charge in [-0.25, -0.2) is 8.42 Å². The fourth-order valence-corrected chi connectivity index (χ4v) is 3.79. The molecule has 0 unspecified atom stereocenters. The molecule has 0 heterocycles. The van der Waals surface area contributed by atoms with Crippen LogP contribution in [0.3, 0.4) is 0 Å². The number of nitrogens with one attached hydrogen (secondary N) is 2. The van der Waals surface area contributed by atoms with Gasteiger partial charge in [0.05, 0.1) is 28.3 Å². The van der Waals surface area contributed by atoms with E-state index in [-0.39, 0.29) is 10.6 Å². The number of carbonyl (C=O) groups excluding carboxylic acids is 1. The van der Waals surface area contributed by atoms with Crippen molar-refractivity contribution < 1.29 is 17.9 Å². The zero-order valence-corrected chi connectivity index (χ0v) is 16.4. The molecule has 144 valence electrons. The maximum atomic E-state index is 12.6. The smallest absolute Gasteiger partial charge is 0.262 e. The molecule has 6 nitrogen and oxygen atoms in total. The lowest BCUT2D eigenvalue weighted by Crippen LogP contribution is -2.15. The topological polar surface area (TPSA) is 84.5 Å². The number of ether oxygens (including phenoxy) is 1. The van der Waals surface area contributed by atoms with Crippen LogP contribution >= 0.6 is 11.6 Å². The predicted molar refractivity (Wildman–Crippen MR) is 110 cm³/mol. The molecular weight excluding hydrogens is 400 g/mol. The molecule has 0 aliphatic carbocycles. The monoisotopic (exact) mass is 416 g/mol. The molecule has 0 spiro atoms. The first-order valence-electron chi connectivity index (χ1n) is 8.22. The van der Waals surface area contributed by atoms with E-state index in [1.165, 1.54) is 25.3 Å². The molecule has 0 aromatic heterocycles. The molecule has 0 saturated carbocycles. The van der Waals surface area contributed by atoms with Crippen molar-refractivity contribution in [1.82, 2.24) is 0 Å². The molecule has 28 heavy (non-hydrogen) atoms. The second kappa shape index (κ2) is 8.33. The fraction of sp³-hybridized carbons (Fsp3) is 0.0500. The van der Waals surface area contributed by atoms with Crippen LogP contribution in [0, 0.1) is 0 Å². The SMILES string of the molecule is COc1cc(S(=O)(=O)Nc2ccccc2)ccc1NC(=O)c1ccccc1Cl. The fourth-order valence-electron chi connectivity index (χ4n) is 2.50. The normalized spacial score (nSPS) is 10.9. The van der Waals surface area contributed by atoms with Gasteiger partial charge in [-0.05, 0) is 36.4 Å². The van der Waals surface area contributed by atoms with Gasteiger partial charge in [0.25, 0.3) is 15.9 Å². The Balaban J connectivity index is 1.86. The average Bonchev–Trinajstić information content (AvgIpc) is 2.69. The summed E-state index contributed by atoms with van der Waals surface area (Å²) in [6, 6.07) is 19.3. The molecule has 3 aromatic carbocycles. The van der Waals surface area contributed by atoms with Crippen LogP contribution in [0.5, 0.6) is 5.75 Å². The minimum atomic E-state index is -3.81. The number of para-hydroxylation sites is 1. The molecule has 0 radical (unpaired) electrons. The van der Waals surface area contributed by atoms with Crippen molar-refractivity contribution in [1.29, 1.82) is 0 Å². The van der Waals surface area contributed by atoms with E-state index in [0.29, 0.717) is 22.0 Å². The summed E-state index contributed by atoms with van der Waals surface area (Å²) in [4.78, 5) is 12.4. The lowest BCUT2D eigenvalue weighted by molar-refractivity contribution is 0.102. The van der Waals surface area contributed by atoms with E-state index < -0.39 is 15.9 Å². The predicted octanol–water partition coefficient (Wildman–Crippen LogP) is 4.40. The van der Waals surface area contributed by atoms with E-state index in [0.717, 1.165) is 0 Å². The second-order valence-corrected chi connectivity index (χ2v) is 7.86. The van der Waals surface area contributed by atoms with E-state index >= 15 is 0 Å². The highest BCUT2D eigenvalue weighted by molar-refractivity contribution is 7.92. The molecule has 3 rings (SSSR count). The average molecular weight is 417 g/mol. The molecule has 2 N–H and O–H groups in total. The van der Waals surface area contributed by atoms with Crippen LogP contribution in [0.25, 0.3) is 0 Å². The molecule has 0 bridgehead atoms. The van der Waals surface area contributed by atoms with E-state index in [1.54, 1.807) is 54.6 Å². The van der Waals surface area contributed by atoms with E-state index in [2.05, 4.69) is 10.0 Å². The van der Waals surface area contributed by atoms with E-state index in [1.807, 2.05) is 0 Å². The number of anilines is 2. The highest BCUT2D eigenvalue weighted by Gasteiger charge is 2.18. The van der Waals surface area contributed by atoms with Gasteiger partial charge in [0.15, 0.2) is 0 Å². The quantitative estimate of drug-likeness (QED) is 0.623. The first-order valence-corrected chi connectivity index (χ1v) is 10.1. The highest BCUT2D eigenvalue weighted by atomic mass is 35.5. The Bertz CT molecular complexity index is 1100. The third kappa shape index (κ3) is 4.44. The molecule has 0 fully saturated rings. The molecule has 0 atom stereocenters. The van der Waals surface area contributed by atoms with Crippen molar-refractivity contribution in [2.75, 3.05) is 17.1 Å². The van der Waals surface area contributed by atoms with Crippen molar-refractivity contribution >= 4 is 38.9 Å². The largest absolute Gasteiger partial charge is 0.495 e. The summed E-state index contributed by atoms with van der Waals surface area (Å²) in [7, 11) is -2.42. The summed E-state index contributed by atoms with van der Waals surface area (Å²) in [5.41, 5.74) is 1.07. The van der Waals surface area contributed by atoms with Crippen LogP contribution in [0.4, 0.5) is 11.4 Å². The lowest BCUT2D eigenvalue weighted by Gasteiger charge is -2.13. The molecular formula is C20H17ClN2O4S. The van der Waals surface area contributed by atoms with Crippen LogP contribution in [-0.4, -0.2) is 21.4 Å². The highest BCUT2D eigenvalue weighted by Crippen LogP contribution is 2.29. The van der Waals surface area contributed by atoms with Crippen LogP contribution < -0.4 is 14.8 Å². The van der Waals surface area contributed by atoms with Gasteiger partial charge in [-0.1, -0.05) is 41.9 Å². The number of sulfonamides is 1. The Morgan fingerprint density at radius 1 is 0.964 bits per heavy atom. The van der Waals surface area contributed by atoms with E-state index in [9.17, 15) is 13.2 Å². The summed E-state index contributed by atoms with van der Waals surface area (Å²) in [5, 5.41) is 2.99. The standard InChI is InChI=1S/C20H17ClN2O4S/c1-27-19-13-15(28(25,26)23-14-7-3-2-4-8-14)11-12-18(19)22-20(24)16-9-5-6-10-17(16)21/h2-13,23H,1H3,(H,22,24). The summed E-state index contributed by atoms with van der Waals surface area (Å²) in [5.74, 6) is -0.224. The lowest BCUT2D eigenvalue weighted by atomic mass is 10.2. The van der Waals surface area contributed by atoms with Crippen LogP contribution in [0.2, 0.25) is 5.02 Å². The Kier molecular flexibility index (Phi) is 5.87. The molecule has 1 amide bonds. The summed E-state index contributed by atoms with van der Waals surface area (Å²) in [6.07, 6.45) is 0. The van der Waals surface area contributed by atoms with Gasteiger partial charge in [0, 0.05) is 11.8 Å².